The van der Waals surface area contributed by atoms with Gasteiger partial charge in [-0.25, -0.2) is 4.79 Å². The number of nitrogens with zero attached hydrogens (tertiary/aromatic N) is 1. The number of aliphatic carboxylic acids is 1. The van der Waals surface area contributed by atoms with Crippen LogP contribution in [0.5, 0.6) is 0 Å². The van der Waals surface area contributed by atoms with E-state index >= 15 is 0 Å². The van der Waals surface area contributed by atoms with Crippen LogP contribution in [0.25, 0.3) is 10.9 Å². The van der Waals surface area contributed by atoms with Crippen molar-refractivity contribution in [3.63, 3.8) is 0 Å². The molecule has 226 valence electrons. The minimum atomic E-state index is -1.09. The third-order valence-electron chi connectivity index (χ3n) is 7.46. The number of carbonyl (C=O) groups is 5. The highest BCUT2D eigenvalue weighted by molar-refractivity contribution is 8.18. The lowest BCUT2D eigenvalue weighted by molar-refractivity contribution is -0.149. The van der Waals surface area contributed by atoms with Gasteiger partial charge in [0.25, 0.3) is 0 Å². The second kappa shape index (κ2) is 14.4. The van der Waals surface area contributed by atoms with Crippen LogP contribution >= 0.6 is 23.5 Å². The van der Waals surface area contributed by atoms with Crippen molar-refractivity contribution in [2.24, 2.45) is 0 Å². The van der Waals surface area contributed by atoms with E-state index in [0.717, 1.165) is 40.0 Å². The van der Waals surface area contributed by atoms with Gasteiger partial charge in [-0.05, 0) is 24.5 Å². The molecule has 44 heavy (non-hydrogen) atoms. The van der Waals surface area contributed by atoms with E-state index in [9.17, 15) is 29.1 Å². The molecule has 3 atom stereocenters. The first-order valence-corrected chi connectivity index (χ1v) is 16.0. The molecule has 3 aromatic carbocycles. The fourth-order valence-electron chi connectivity index (χ4n) is 5.22. The lowest BCUT2D eigenvalue weighted by atomic mass is 10.0. The molecule has 1 aliphatic rings. The van der Waals surface area contributed by atoms with Gasteiger partial charge in [-0.2, -0.15) is 0 Å². The highest BCUT2D eigenvalue weighted by Crippen LogP contribution is 2.26. The van der Waals surface area contributed by atoms with Gasteiger partial charge in [-0.15, -0.1) is 0 Å². The number of carboxylic acid groups (broad SMARTS) is 1. The molecule has 1 aromatic heterocycles. The molecule has 11 heteroatoms. The Balaban J connectivity index is 1.40. The monoisotopic (exact) mass is 629 g/mol. The van der Waals surface area contributed by atoms with Crippen LogP contribution in [-0.4, -0.2) is 72.6 Å². The van der Waals surface area contributed by atoms with E-state index in [-0.39, 0.29) is 28.9 Å². The van der Waals surface area contributed by atoms with Gasteiger partial charge in [0, 0.05) is 46.9 Å². The molecular formula is C33H31N3O6S2. The van der Waals surface area contributed by atoms with Crippen molar-refractivity contribution in [2.45, 2.75) is 36.6 Å². The van der Waals surface area contributed by atoms with Gasteiger partial charge < -0.3 is 20.3 Å². The number of para-hydroxylation sites is 1. The van der Waals surface area contributed by atoms with Gasteiger partial charge in [-0.1, -0.05) is 102 Å². The Kier molecular flexibility index (Phi) is 10.2. The van der Waals surface area contributed by atoms with E-state index in [4.69, 9.17) is 0 Å². The summed E-state index contributed by atoms with van der Waals surface area (Å²) in [6.07, 6.45) is 2.75. The molecule has 2 amide bonds. The normalized spacial score (nSPS) is 15.9. The van der Waals surface area contributed by atoms with Crippen LogP contribution in [0.4, 0.5) is 0 Å². The topological polar surface area (TPSA) is 137 Å². The first kappa shape index (κ1) is 31.1. The van der Waals surface area contributed by atoms with Gasteiger partial charge >= 0.3 is 5.97 Å². The van der Waals surface area contributed by atoms with Crippen LogP contribution in [0.15, 0.2) is 91.1 Å². The Morgan fingerprint density at radius 2 is 1.52 bits per heavy atom. The molecule has 3 unspecified atom stereocenters. The van der Waals surface area contributed by atoms with Crippen molar-refractivity contribution in [1.29, 1.82) is 0 Å². The van der Waals surface area contributed by atoms with Crippen molar-refractivity contribution in [1.82, 2.24) is 15.2 Å². The number of nitrogens with one attached hydrogen (secondary N) is 2. The standard InChI is InChI=1S/C33H31N3O6S2/c37-29(28(44-33(42)22-12-5-2-6-13-22)20-43-32(41)21-10-3-1-4-11-21)35-26(30(38)36-17-9-16-27(36)31(39)40)18-23-19-34-25-15-8-7-14-24(23)25/h1-8,10-15,19,26-28,34H,9,16-18,20H2,(H,35,37)(H,39,40). The number of rotatable bonds is 11. The van der Waals surface area contributed by atoms with E-state index in [1.54, 1.807) is 66.9 Å². The number of fused-ring (bicyclic) bond motifs is 1. The van der Waals surface area contributed by atoms with Crippen LogP contribution in [0.2, 0.25) is 0 Å². The average Bonchev–Trinajstić information content (AvgIpc) is 3.71. The number of carbonyl (C=O) groups excluding carboxylic acids is 4. The summed E-state index contributed by atoms with van der Waals surface area (Å²) in [4.78, 5) is 70.2. The molecule has 2 heterocycles. The number of amides is 2. The Morgan fingerprint density at radius 1 is 0.886 bits per heavy atom. The van der Waals surface area contributed by atoms with Crippen LogP contribution in [0.3, 0.4) is 0 Å². The number of hydrogen-bond acceptors (Lipinski definition) is 7. The fraction of sp³-hybridized carbons (Fsp3) is 0.242. The van der Waals surface area contributed by atoms with Gasteiger partial charge in [0.05, 0.1) is 0 Å². The van der Waals surface area contributed by atoms with Crippen LogP contribution < -0.4 is 5.32 Å². The molecule has 0 saturated carbocycles. The Hall–Kier alpha value is -4.35. The lowest BCUT2D eigenvalue weighted by Gasteiger charge is -2.28. The predicted molar refractivity (Wildman–Crippen MR) is 172 cm³/mol. The predicted octanol–water partition coefficient (Wildman–Crippen LogP) is 4.79. The fourth-order valence-corrected chi connectivity index (χ4v) is 7.16. The summed E-state index contributed by atoms with van der Waals surface area (Å²) in [5.41, 5.74) is 2.52. The summed E-state index contributed by atoms with van der Waals surface area (Å²) in [7, 11) is 0. The average molecular weight is 630 g/mol. The minimum absolute atomic E-state index is 0.0156. The number of likely N-dealkylation sites (tertiary alicyclic amines) is 1. The molecule has 0 aliphatic carbocycles. The molecule has 5 rings (SSSR count). The highest BCUT2D eigenvalue weighted by atomic mass is 32.2. The molecule has 0 radical (unpaired) electrons. The van der Waals surface area contributed by atoms with Crippen molar-refractivity contribution in [3.8, 4) is 0 Å². The first-order chi connectivity index (χ1) is 21.3. The van der Waals surface area contributed by atoms with E-state index in [1.165, 1.54) is 4.90 Å². The van der Waals surface area contributed by atoms with E-state index in [1.807, 2.05) is 24.3 Å². The molecule has 1 saturated heterocycles. The first-order valence-electron chi connectivity index (χ1n) is 14.2. The number of thioether (sulfide) groups is 2. The smallest absolute Gasteiger partial charge is 0.326 e. The molecule has 4 aromatic rings. The second-order valence-corrected chi connectivity index (χ2v) is 12.5. The van der Waals surface area contributed by atoms with Crippen molar-refractivity contribution >= 4 is 62.4 Å². The van der Waals surface area contributed by atoms with Gasteiger partial charge in [0.2, 0.25) is 22.0 Å². The quantitative estimate of drug-likeness (QED) is 0.216. The zero-order valence-electron chi connectivity index (χ0n) is 23.7. The number of aromatic amines is 1. The van der Waals surface area contributed by atoms with Crippen molar-refractivity contribution < 1.29 is 29.1 Å². The third kappa shape index (κ3) is 7.40. The maximum Gasteiger partial charge on any atom is 0.326 e. The highest BCUT2D eigenvalue weighted by Gasteiger charge is 2.39. The van der Waals surface area contributed by atoms with Crippen LogP contribution in [0.1, 0.15) is 39.1 Å². The maximum absolute atomic E-state index is 13.9. The van der Waals surface area contributed by atoms with Crippen molar-refractivity contribution in [3.05, 3.63) is 108 Å². The van der Waals surface area contributed by atoms with Crippen LogP contribution in [0, 0.1) is 0 Å². The van der Waals surface area contributed by atoms with E-state index < -0.39 is 35.1 Å². The largest absolute Gasteiger partial charge is 0.480 e. The third-order valence-corrected chi connectivity index (χ3v) is 9.78. The number of H-pyrrole nitrogens is 1. The summed E-state index contributed by atoms with van der Waals surface area (Å²) in [5.74, 6) is -2.19. The molecule has 3 N–H and O–H groups in total. The zero-order valence-corrected chi connectivity index (χ0v) is 25.3. The zero-order chi connectivity index (χ0) is 31.1. The Labute approximate surface area is 262 Å². The maximum atomic E-state index is 13.9. The minimum Gasteiger partial charge on any atom is -0.480 e. The van der Waals surface area contributed by atoms with Crippen molar-refractivity contribution in [2.75, 3.05) is 12.3 Å². The number of carboxylic acids is 1. The Morgan fingerprint density at radius 3 is 2.20 bits per heavy atom. The molecule has 9 nitrogen and oxygen atoms in total. The van der Waals surface area contributed by atoms with E-state index in [0.29, 0.717) is 24.0 Å². The summed E-state index contributed by atoms with van der Waals surface area (Å²) < 4.78 is 0. The molecule has 1 fully saturated rings. The lowest BCUT2D eigenvalue weighted by Crippen LogP contribution is -2.54. The number of aromatic nitrogens is 1. The molecule has 0 bridgehead atoms. The van der Waals surface area contributed by atoms with Gasteiger partial charge in [0.1, 0.15) is 17.3 Å². The molecule has 0 spiro atoms. The Bertz CT molecular complexity index is 1660. The molecular weight excluding hydrogens is 599 g/mol. The summed E-state index contributed by atoms with van der Waals surface area (Å²) in [5, 5.41) is 11.9. The van der Waals surface area contributed by atoms with Gasteiger partial charge in [0.15, 0.2) is 0 Å². The number of hydrogen-bond donors (Lipinski definition) is 3. The van der Waals surface area contributed by atoms with Crippen LogP contribution in [-0.2, 0) is 20.8 Å². The van der Waals surface area contributed by atoms with Gasteiger partial charge in [-0.3, -0.25) is 19.2 Å². The number of benzene rings is 3. The second-order valence-electron chi connectivity index (χ2n) is 10.4. The summed E-state index contributed by atoms with van der Waals surface area (Å²) in [6, 6.07) is 22.7. The SMILES string of the molecule is O=C(SCC(SC(=O)c1ccccc1)C(=O)NC(Cc1c[nH]c2ccccc12)C(=O)N1CCCC1C(=O)O)c1ccccc1. The summed E-state index contributed by atoms with van der Waals surface area (Å²) in [6.45, 7) is 0.266. The summed E-state index contributed by atoms with van der Waals surface area (Å²) >= 11 is 1.72. The molecule has 1 aliphatic heterocycles. The van der Waals surface area contributed by atoms with E-state index in [2.05, 4.69) is 10.3 Å².